The van der Waals surface area contributed by atoms with Gasteiger partial charge in [0.1, 0.15) is 11.6 Å². The van der Waals surface area contributed by atoms with Crippen molar-refractivity contribution in [2.45, 2.75) is 11.8 Å². The van der Waals surface area contributed by atoms with Gasteiger partial charge in [0.05, 0.1) is 70.1 Å². The van der Waals surface area contributed by atoms with Crippen LogP contribution in [0.2, 0.25) is 0 Å². The van der Waals surface area contributed by atoms with E-state index in [1.807, 2.05) is 25.1 Å². The highest BCUT2D eigenvalue weighted by atomic mass is 32.2. The first kappa shape index (κ1) is 23.3. The van der Waals surface area contributed by atoms with E-state index in [0.717, 1.165) is 24.8 Å². The smallest absolute Gasteiger partial charge is 0.137 e. The van der Waals surface area contributed by atoms with Crippen molar-refractivity contribution in [2.75, 3.05) is 42.8 Å². The molecule has 35 heavy (non-hydrogen) atoms. The lowest BCUT2D eigenvalue weighted by Gasteiger charge is -2.28. The van der Waals surface area contributed by atoms with E-state index in [-0.39, 0.29) is 10.9 Å². The van der Waals surface area contributed by atoms with Gasteiger partial charge in [-0.25, -0.2) is 13.8 Å². The molecule has 0 amide bonds. The Morgan fingerprint density at radius 3 is 2.63 bits per heavy atom. The summed E-state index contributed by atoms with van der Waals surface area (Å²) in [6, 6.07) is 11.2. The van der Waals surface area contributed by atoms with E-state index in [0.29, 0.717) is 46.3 Å². The molecule has 1 fully saturated rings. The molecule has 9 heteroatoms. The average Bonchev–Trinajstić information content (AvgIpc) is 2.86. The van der Waals surface area contributed by atoms with Crippen molar-refractivity contribution >= 4 is 38.8 Å². The van der Waals surface area contributed by atoms with Gasteiger partial charge in [-0.2, -0.15) is 0 Å². The van der Waals surface area contributed by atoms with E-state index < -0.39 is 22.4 Å². The molecule has 1 aliphatic heterocycles. The van der Waals surface area contributed by atoms with Crippen LogP contribution in [-0.4, -0.2) is 46.7 Å². The van der Waals surface area contributed by atoms with E-state index in [4.69, 9.17) is 4.74 Å². The number of benzene rings is 2. The zero-order valence-electron chi connectivity index (χ0n) is 19.3. The number of nitrogens with zero attached hydrogens (tertiary/aromatic N) is 3. The van der Waals surface area contributed by atoms with Crippen molar-refractivity contribution in [3.63, 3.8) is 0 Å². The molecule has 1 N–H and O–H groups in total. The second-order valence-corrected chi connectivity index (χ2v) is 9.70. The first-order valence-electron chi connectivity index (χ1n) is 11.2. The molecule has 1 atom stereocenters. The van der Waals surface area contributed by atoms with Gasteiger partial charge < -0.3 is 15.0 Å². The zero-order valence-corrected chi connectivity index (χ0v) is 20.2. The number of halogens is 2. The third kappa shape index (κ3) is 4.61. The van der Waals surface area contributed by atoms with E-state index in [1.165, 1.54) is 6.07 Å². The Bertz CT molecular complexity index is 1440. The summed E-state index contributed by atoms with van der Waals surface area (Å²) in [7, 11) is -1.28. The molecule has 0 aliphatic carbocycles. The summed E-state index contributed by atoms with van der Waals surface area (Å²) in [6.07, 6.45) is 5.03. The first-order valence-corrected chi connectivity index (χ1v) is 12.7. The van der Waals surface area contributed by atoms with Crippen LogP contribution < -0.4 is 10.2 Å². The van der Waals surface area contributed by atoms with Crippen molar-refractivity contribution in [1.29, 1.82) is 0 Å². The fourth-order valence-electron chi connectivity index (χ4n) is 4.37. The molecule has 1 aliphatic rings. The highest BCUT2D eigenvalue weighted by Crippen LogP contribution is 2.38. The molecule has 180 valence electrons. The summed E-state index contributed by atoms with van der Waals surface area (Å²) in [5.74, 6) is -1.43. The molecule has 4 aromatic rings. The average molecular weight is 495 g/mol. The minimum absolute atomic E-state index is 0.166. The predicted octanol–water partition coefficient (Wildman–Crippen LogP) is 5.20. The maximum absolute atomic E-state index is 15.1. The van der Waals surface area contributed by atoms with Crippen LogP contribution in [0.4, 0.5) is 25.8 Å². The van der Waals surface area contributed by atoms with Crippen molar-refractivity contribution in [3.05, 3.63) is 72.1 Å². The van der Waals surface area contributed by atoms with Crippen LogP contribution in [0.5, 0.6) is 0 Å². The van der Waals surface area contributed by atoms with Crippen LogP contribution in [0.15, 0.2) is 59.8 Å². The molecule has 2 aromatic heterocycles. The molecule has 3 heterocycles. The normalized spacial score (nSPS) is 14.8. The lowest BCUT2D eigenvalue weighted by molar-refractivity contribution is 0.122. The summed E-state index contributed by atoms with van der Waals surface area (Å²) < 4.78 is 47.1. The minimum atomic E-state index is -1.28. The van der Waals surface area contributed by atoms with Gasteiger partial charge >= 0.3 is 0 Å². The van der Waals surface area contributed by atoms with Gasteiger partial charge in [0.2, 0.25) is 0 Å². The number of hydrogen-bond acceptors (Lipinski definition) is 6. The SMILES string of the molecule is Cc1c(-c2ccccc2S(C)=O)nc2cc(F)cc(F)c2c1Nc1cncc(N2CCOCC2)c1. The molecule has 6 nitrogen and oxygen atoms in total. The largest absolute Gasteiger partial charge is 0.378 e. The second-order valence-electron chi connectivity index (χ2n) is 8.35. The number of aromatic nitrogens is 2. The summed E-state index contributed by atoms with van der Waals surface area (Å²) in [5.41, 5.74) is 4.02. The molecule has 0 radical (unpaired) electrons. The first-order chi connectivity index (χ1) is 16.9. The fraction of sp³-hybridized carbons (Fsp3) is 0.231. The molecular weight excluding hydrogens is 470 g/mol. The number of nitrogens with one attached hydrogen (secondary N) is 1. The molecule has 0 spiro atoms. The topological polar surface area (TPSA) is 67.4 Å². The van der Waals surface area contributed by atoms with Crippen molar-refractivity contribution in [2.24, 2.45) is 0 Å². The number of morpholine rings is 1. The van der Waals surface area contributed by atoms with Gasteiger partial charge in [0, 0.05) is 41.9 Å². The maximum atomic E-state index is 15.1. The lowest BCUT2D eigenvalue weighted by Crippen LogP contribution is -2.36. The van der Waals surface area contributed by atoms with Crippen LogP contribution in [0.25, 0.3) is 22.2 Å². The second kappa shape index (κ2) is 9.67. The van der Waals surface area contributed by atoms with Crippen LogP contribution >= 0.6 is 0 Å². The number of anilines is 3. The van der Waals surface area contributed by atoms with Crippen molar-refractivity contribution < 1.29 is 17.7 Å². The van der Waals surface area contributed by atoms with Gasteiger partial charge in [-0.05, 0) is 24.6 Å². The van der Waals surface area contributed by atoms with Crippen LogP contribution in [0, 0.1) is 18.6 Å². The summed E-state index contributed by atoms with van der Waals surface area (Å²) in [5, 5.41) is 3.50. The van der Waals surface area contributed by atoms with E-state index in [1.54, 1.807) is 30.8 Å². The summed E-state index contributed by atoms with van der Waals surface area (Å²) >= 11 is 0. The zero-order chi connectivity index (χ0) is 24.5. The standard InChI is InChI=1S/C26H24F2N4O2S/c1-16-25(20-5-3-4-6-23(20)35(2)33)31-22-12-17(27)11-21(28)24(22)26(16)30-18-13-19(15-29-14-18)32-7-9-34-10-8-32/h3-6,11-15H,7-10H2,1-2H3,(H,30,31). The Balaban J connectivity index is 1.68. The molecular formula is C26H24F2N4O2S. The van der Waals surface area contributed by atoms with Gasteiger partial charge in [-0.1, -0.05) is 18.2 Å². The molecule has 1 saturated heterocycles. The Kier molecular flexibility index (Phi) is 6.44. The Morgan fingerprint density at radius 1 is 1.09 bits per heavy atom. The monoisotopic (exact) mass is 494 g/mol. The third-order valence-electron chi connectivity index (χ3n) is 6.07. The minimum Gasteiger partial charge on any atom is -0.378 e. The Labute approximate surface area is 204 Å². The fourth-order valence-corrected chi connectivity index (χ4v) is 5.12. The number of pyridine rings is 2. The maximum Gasteiger partial charge on any atom is 0.137 e. The molecule has 0 saturated carbocycles. The molecule has 5 rings (SSSR count). The van der Waals surface area contributed by atoms with E-state index in [9.17, 15) is 8.60 Å². The number of fused-ring (bicyclic) bond motifs is 1. The lowest BCUT2D eigenvalue weighted by atomic mass is 10.0. The molecule has 1 unspecified atom stereocenters. The van der Waals surface area contributed by atoms with Crippen LogP contribution in [0.1, 0.15) is 5.56 Å². The third-order valence-corrected chi connectivity index (χ3v) is 7.04. The van der Waals surface area contributed by atoms with E-state index in [2.05, 4.69) is 20.2 Å². The highest BCUT2D eigenvalue weighted by Gasteiger charge is 2.21. The number of rotatable bonds is 5. The van der Waals surface area contributed by atoms with Crippen LogP contribution in [0.3, 0.4) is 0 Å². The van der Waals surface area contributed by atoms with Crippen LogP contribution in [-0.2, 0) is 15.5 Å². The van der Waals surface area contributed by atoms with Gasteiger partial charge in [0.15, 0.2) is 0 Å². The Hall–Kier alpha value is -3.43. The van der Waals surface area contributed by atoms with Gasteiger partial charge in [-0.3, -0.25) is 9.19 Å². The quantitative estimate of drug-likeness (QED) is 0.411. The molecule has 0 bridgehead atoms. The number of ether oxygens (including phenoxy) is 1. The van der Waals surface area contributed by atoms with Crippen molar-refractivity contribution in [1.82, 2.24) is 9.97 Å². The highest BCUT2D eigenvalue weighted by molar-refractivity contribution is 7.84. The Morgan fingerprint density at radius 2 is 1.86 bits per heavy atom. The number of hydrogen-bond donors (Lipinski definition) is 1. The van der Waals surface area contributed by atoms with Gasteiger partial charge in [0.25, 0.3) is 0 Å². The van der Waals surface area contributed by atoms with Crippen molar-refractivity contribution in [3.8, 4) is 11.3 Å². The summed E-state index contributed by atoms with van der Waals surface area (Å²) in [6.45, 7) is 4.62. The summed E-state index contributed by atoms with van der Waals surface area (Å²) in [4.78, 5) is 11.7. The van der Waals surface area contributed by atoms with E-state index >= 15 is 4.39 Å². The van der Waals surface area contributed by atoms with Gasteiger partial charge in [-0.15, -0.1) is 0 Å². The predicted molar refractivity (Wildman–Crippen MR) is 135 cm³/mol. The molecule has 2 aromatic carbocycles.